The maximum atomic E-state index is 15.2. The highest BCUT2D eigenvalue weighted by Gasteiger charge is 2.75. The largest absolute Gasteiger partial charge is 0.410 e. The third kappa shape index (κ3) is 2.58. The number of thioether (sulfide) groups is 2. The van der Waals surface area contributed by atoms with Crippen LogP contribution in [0.5, 0.6) is 0 Å². The lowest BCUT2D eigenvalue weighted by molar-refractivity contribution is -0.154. The van der Waals surface area contributed by atoms with Crippen molar-refractivity contribution in [1.82, 2.24) is 0 Å². The predicted molar refractivity (Wildman–Crippen MR) is 126 cm³/mol. The van der Waals surface area contributed by atoms with Gasteiger partial charge >= 0.3 is 6.18 Å². The smallest absolute Gasteiger partial charge is 0.244 e. The van der Waals surface area contributed by atoms with Gasteiger partial charge in [-0.1, -0.05) is 84.2 Å². The zero-order chi connectivity index (χ0) is 22.1. The Morgan fingerprint density at radius 1 is 0.750 bits per heavy atom. The highest BCUT2D eigenvalue weighted by molar-refractivity contribution is 8.20. The van der Waals surface area contributed by atoms with E-state index in [2.05, 4.69) is 0 Å². The van der Waals surface area contributed by atoms with E-state index in [4.69, 9.17) is 9.98 Å². The summed E-state index contributed by atoms with van der Waals surface area (Å²) in [4.78, 5) is 9.58. The third-order valence-corrected chi connectivity index (χ3v) is 9.88. The van der Waals surface area contributed by atoms with Crippen molar-refractivity contribution < 1.29 is 13.2 Å². The van der Waals surface area contributed by atoms with E-state index in [-0.39, 0.29) is 5.70 Å². The van der Waals surface area contributed by atoms with Crippen molar-refractivity contribution in [2.45, 2.75) is 41.9 Å². The van der Waals surface area contributed by atoms with E-state index in [1.165, 1.54) is 11.8 Å². The van der Waals surface area contributed by atoms with Crippen LogP contribution < -0.4 is 0 Å². The summed E-state index contributed by atoms with van der Waals surface area (Å²) in [7, 11) is 0. The molecule has 1 saturated carbocycles. The molecule has 0 spiro atoms. The maximum absolute atomic E-state index is 15.2. The molecule has 162 valence electrons. The van der Waals surface area contributed by atoms with Gasteiger partial charge in [-0.05, 0) is 37.3 Å². The minimum atomic E-state index is -4.50. The van der Waals surface area contributed by atoms with Gasteiger partial charge in [-0.15, -0.1) is 0 Å². The lowest BCUT2D eigenvalue weighted by Crippen LogP contribution is -2.59. The Kier molecular flexibility index (Phi) is 4.37. The average Bonchev–Trinajstić information content (AvgIpc) is 3.50. The second-order valence-electron chi connectivity index (χ2n) is 8.49. The van der Waals surface area contributed by atoms with E-state index >= 15 is 13.2 Å². The molecule has 2 aromatic carbocycles. The van der Waals surface area contributed by atoms with Gasteiger partial charge < -0.3 is 0 Å². The van der Waals surface area contributed by atoms with Crippen LogP contribution in [0.3, 0.4) is 0 Å². The number of aliphatic imine (C=N–C) groups is 2. The lowest BCUT2D eigenvalue weighted by Gasteiger charge is -2.47. The fourth-order valence-electron chi connectivity index (χ4n) is 5.20. The van der Waals surface area contributed by atoms with E-state index in [0.717, 1.165) is 46.9 Å². The van der Waals surface area contributed by atoms with Crippen molar-refractivity contribution in [2.75, 3.05) is 0 Å². The molecule has 2 unspecified atom stereocenters. The van der Waals surface area contributed by atoms with Crippen molar-refractivity contribution in [2.24, 2.45) is 9.98 Å². The fourth-order valence-corrected chi connectivity index (χ4v) is 8.21. The van der Waals surface area contributed by atoms with Crippen molar-refractivity contribution in [3.8, 4) is 0 Å². The summed E-state index contributed by atoms with van der Waals surface area (Å²) in [5, 5.41) is 1.09. The normalized spacial score (nSPS) is 29.0. The predicted octanol–water partition coefficient (Wildman–Crippen LogP) is 7.14. The van der Waals surface area contributed by atoms with Crippen LogP contribution in [-0.2, 0) is 0 Å². The average molecular weight is 469 g/mol. The zero-order valence-corrected chi connectivity index (χ0v) is 18.9. The van der Waals surface area contributed by atoms with Gasteiger partial charge in [0.15, 0.2) is 4.75 Å². The molecule has 0 aromatic heterocycles. The number of fused-ring (bicyclic) bond motifs is 4. The number of hydrogen-bond donors (Lipinski definition) is 0. The second-order valence-corrected chi connectivity index (χ2v) is 11.1. The molecule has 2 aliphatic heterocycles. The van der Waals surface area contributed by atoms with Crippen LogP contribution in [0.15, 0.2) is 93.2 Å². The Hall–Kier alpha value is -2.25. The fraction of sp³-hybridized carbons (Fsp3) is 0.280. The summed E-state index contributed by atoms with van der Waals surface area (Å²) in [6.07, 6.45) is -2.29. The summed E-state index contributed by atoms with van der Waals surface area (Å²) >= 11 is 2.10. The highest BCUT2D eigenvalue weighted by Crippen LogP contribution is 2.70. The van der Waals surface area contributed by atoms with Crippen LogP contribution in [0, 0.1) is 0 Å². The Bertz CT molecular complexity index is 1240. The van der Waals surface area contributed by atoms with Crippen LogP contribution >= 0.6 is 23.5 Å². The van der Waals surface area contributed by atoms with Gasteiger partial charge in [-0.25, -0.2) is 9.98 Å². The first-order chi connectivity index (χ1) is 15.4. The van der Waals surface area contributed by atoms with Gasteiger partial charge in [0.05, 0.1) is 16.1 Å². The minimum absolute atomic E-state index is 0.199. The Balaban J connectivity index is 1.59. The maximum Gasteiger partial charge on any atom is 0.410 e. The van der Waals surface area contributed by atoms with Crippen LogP contribution in [-0.4, -0.2) is 25.8 Å². The Morgan fingerprint density at radius 3 is 1.81 bits per heavy atom. The molecule has 1 fully saturated rings. The monoisotopic (exact) mass is 468 g/mol. The zero-order valence-electron chi connectivity index (χ0n) is 17.2. The van der Waals surface area contributed by atoms with Crippen LogP contribution in [0.2, 0.25) is 0 Å². The molecule has 7 heteroatoms. The first-order valence-corrected chi connectivity index (χ1v) is 12.2. The molecule has 0 N–H and O–H groups in total. The van der Waals surface area contributed by atoms with Crippen molar-refractivity contribution in [3.05, 3.63) is 94.3 Å². The molecule has 2 atom stereocenters. The molecule has 0 radical (unpaired) electrons. The summed E-state index contributed by atoms with van der Waals surface area (Å²) < 4.78 is 42.2. The van der Waals surface area contributed by atoms with E-state index in [9.17, 15) is 0 Å². The molecule has 32 heavy (non-hydrogen) atoms. The summed E-state index contributed by atoms with van der Waals surface area (Å²) in [5.41, 5.74) is 4.09. The molecule has 2 heterocycles. The molecule has 6 rings (SSSR count). The number of halogens is 3. The van der Waals surface area contributed by atoms with Crippen LogP contribution in [0.4, 0.5) is 13.2 Å². The quantitative estimate of drug-likeness (QED) is 0.468. The highest BCUT2D eigenvalue weighted by atomic mass is 32.2. The van der Waals surface area contributed by atoms with Gasteiger partial charge in [-0.3, -0.25) is 0 Å². The van der Waals surface area contributed by atoms with Crippen molar-refractivity contribution >= 4 is 33.6 Å². The number of allylic oxidation sites excluding steroid dienone is 2. The van der Waals surface area contributed by atoms with Crippen molar-refractivity contribution in [1.29, 1.82) is 0 Å². The van der Waals surface area contributed by atoms with E-state index < -0.39 is 15.7 Å². The standard InChI is InChI=1S/C25H19F3N2S2/c1-23-19(29-21(31-23)15-9-4-2-5-10-15)17-13-8-14-18(17)20-24(23,25(26,27)28)32-22(30-20)16-11-6-3-7-12-16/h2-7,9-12H,8,13-14H2,1H3. The molecule has 2 aromatic rings. The number of nitrogens with zero attached hydrogens (tertiary/aromatic N) is 2. The molecule has 4 aliphatic rings. The van der Waals surface area contributed by atoms with Gasteiger partial charge in [0.1, 0.15) is 10.1 Å². The molecule has 0 saturated heterocycles. The molecular weight excluding hydrogens is 449 g/mol. The van der Waals surface area contributed by atoms with Crippen LogP contribution in [0.25, 0.3) is 0 Å². The summed E-state index contributed by atoms with van der Waals surface area (Å²) in [6, 6.07) is 18.7. The molecule has 2 nitrogen and oxygen atoms in total. The first-order valence-electron chi connectivity index (χ1n) is 10.6. The van der Waals surface area contributed by atoms with Gasteiger partial charge in [0, 0.05) is 11.1 Å². The van der Waals surface area contributed by atoms with Crippen molar-refractivity contribution in [3.63, 3.8) is 0 Å². The number of alkyl halides is 3. The topological polar surface area (TPSA) is 24.7 Å². The number of hydrogen-bond acceptors (Lipinski definition) is 4. The minimum Gasteiger partial charge on any atom is -0.244 e. The van der Waals surface area contributed by atoms with Gasteiger partial charge in [-0.2, -0.15) is 13.2 Å². The summed E-state index contributed by atoms with van der Waals surface area (Å²) in [5.74, 6) is 0. The third-order valence-electron chi connectivity index (χ3n) is 6.66. The van der Waals surface area contributed by atoms with Crippen LogP contribution in [0.1, 0.15) is 37.3 Å². The van der Waals surface area contributed by atoms with Gasteiger partial charge in [0.2, 0.25) is 0 Å². The SMILES string of the molecule is CC12SC(c3ccccc3)=NC1=C1CCCC1=C1N=C(c3ccccc3)SC12C(F)(F)F. The first kappa shape index (κ1) is 20.4. The second kappa shape index (κ2) is 6.87. The van der Waals surface area contributed by atoms with E-state index in [0.29, 0.717) is 22.2 Å². The molecule has 0 bridgehead atoms. The lowest BCUT2D eigenvalue weighted by atomic mass is 9.76. The van der Waals surface area contributed by atoms with Gasteiger partial charge in [0.25, 0.3) is 0 Å². The summed E-state index contributed by atoms with van der Waals surface area (Å²) in [6.45, 7) is 1.72. The molecular formula is C25H19F3N2S2. The molecule has 2 aliphatic carbocycles. The van der Waals surface area contributed by atoms with E-state index in [1.807, 2.05) is 60.7 Å². The number of benzene rings is 2. The number of rotatable bonds is 2. The Morgan fingerprint density at radius 2 is 1.25 bits per heavy atom. The Labute approximate surface area is 192 Å². The molecule has 0 amide bonds. The van der Waals surface area contributed by atoms with E-state index in [1.54, 1.807) is 6.92 Å².